The molecule has 0 aliphatic carbocycles. The molecular weight excluding hydrogens is 254 g/mol. The van der Waals surface area contributed by atoms with Crippen LogP contribution in [0.4, 0.5) is 0 Å². The molecule has 1 aromatic rings. The highest BCUT2D eigenvalue weighted by Crippen LogP contribution is 2.14. The van der Waals surface area contributed by atoms with E-state index in [1.54, 1.807) is 16.2 Å². The first kappa shape index (κ1) is 14.7. The molecule has 5 nitrogen and oxygen atoms in total. The van der Waals surface area contributed by atoms with Crippen molar-refractivity contribution in [3.05, 3.63) is 22.4 Å². The van der Waals surface area contributed by atoms with Gasteiger partial charge in [0.1, 0.15) is 13.2 Å². The Morgan fingerprint density at radius 1 is 1.44 bits per heavy atom. The van der Waals surface area contributed by atoms with Gasteiger partial charge in [-0.15, -0.1) is 11.3 Å². The van der Waals surface area contributed by atoms with Crippen LogP contribution in [0, 0.1) is 0 Å². The van der Waals surface area contributed by atoms with Crippen LogP contribution in [-0.2, 0) is 20.9 Å². The molecule has 0 aromatic carbocycles. The zero-order valence-electron chi connectivity index (χ0n) is 10.5. The Bertz CT molecular complexity index is 389. The van der Waals surface area contributed by atoms with Crippen LogP contribution in [0.3, 0.4) is 0 Å². The van der Waals surface area contributed by atoms with Crippen LogP contribution in [0.2, 0.25) is 0 Å². The number of rotatable bonds is 7. The fraction of sp³-hybridized carbons (Fsp3) is 0.500. The predicted octanol–water partition coefficient (Wildman–Crippen LogP) is 1.59. The second-order valence-corrected chi connectivity index (χ2v) is 5.11. The Hall–Kier alpha value is -1.40. The number of nitrogens with zero attached hydrogens (tertiary/aromatic N) is 1. The van der Waals surface area contributed by atoms with Crippen LogP contribution in [0.1, 0.15) is 18.7 Å². The number of carboxylic acid groups (broad SMARTS) is 1. The topological polar surface area (TPSA) is 66.8 Å². The van der Waals surface area contributed by atoms with Crippen LogP contribution in [0.15, 0.2) is 17.5 Å². The minimum absolute atomic E-state index is 0.0491. The Balaban J connectivity index is 2.50. The third-order valence-electron chi connectivity index (χ3n) is 2.30. The summed E-state index contributed by atoms with van der Waals surface area (Å²) in [4.78, 5) is 25.0. The molecule has 1 rings (SSSR count). The maximum Gasteiger partial charge on any atom is 0.329 e. The van der Waals surface area contributed by atoms with Crippen LogP contribution < -0.4 is 0 Å². The Kier molecular flexibility index (Phi) is 5.80. The third-order valence-corrected chi connectivity index (χ3v) is 3.16. The molecule has 0 fully saturated rings. The van der Waals surface area contributed by atoms with Gasteiger partial charge in [-0.1, -0.05) is 6.07 Å². The van der Waals surface area contributed by atoms with E-state index in [1.807, 2.05) is 31.4 Å². The van der Waals surface area contributed by atoms with E-state index in [0.29, 0.717) is 6.54 Å². The second-order valence-electron chi connectivity index (χ2n) is 4.08. The van der Waals surface area contributed by atoms with Crippen LogP contribution >= 0.6 is 11.3 Å². The monoisotopic (exact) mass is 271 g/mol. The molecule has 0 unspecified atom stereocenters. The van der Waals surface area contributed by atoms with Crippen LogP contribution in [0.5, 0.6) is 0 Å². The second kappa shape index (κ2) is 7.13. The normalized spacial score (nSPS) is 10.6. The van der Waals surface area contributed by atoms with Gasteiger partial charge in [-0.2, -0.15) is 0 Å². The van der Waals surface area contributed by atoms with Gasteiger partial charge < -0.3 is 14.7 Å². The fourth-order valence-electron chi connectivity index (χ4n) is 1.44. The standard InChI is InChI=1S/C12H17NO4S/c1-9(2)13(6-10-4-3-5-18-10)11(14)7-17-8-12(15)16/h3-5,9H,6-8H2,1-2H3,(H,15,16). The zero-order chi connectivity index (χ0) is 13.5. The SMILES string of the molecule is CC(C)N(Cc1cccs1)C(=O)COCC(=O)O. The first-order chi connectivity index (χ1) is 8.50. The first-order valence-corrected chi connectivity index (χ1v) is 6.50. The first-order valence-electron chi connectivity index (χ1n) is 5.62. The fourth-order valence-corrected chi connectivity index (χ4v) is 2.14. The third kappa shape index (κ3) is 4.85. The molecule has 0 radical (unpaired) electrons. The molecule has 0 aliphatic rings. The smallest absolute Gasteiger partial charge is 0.329 e. The van der Waals surface area contributed by atoms with Gasteiger partial charge in [0.15, 0.2) is 0 Å². The maximum atomic E-state index is 11.9. The maximum absolute atomic E-state index is 11.9. The van der Waals surface area contributed by atoms with Crippen LogP contribution in [-0.4, -0.2) is 41.1 Å². The lowest BCUT2D eigenvalue weighted by Crippen LogP contribution is -2.38. The zero-order valence-corrected chi connectivity index (χ0v) is 11.3. The van der Waals surface area contributed by atoms with Gasteiger partial charge in [0.05, 0.1) is 6.54 Å². The van der Waals surface area contributed by atoms with Crippen molar-refractivity contribution in [2.24, 2.45) is 0 Å². The van der Waals surface area contributed by atoms with E-state index in [0.717, 1.165) is 4.88 Å². The lowest BCUT2D eigenvalue weighted by molar-refractivity contribution is -0.146. The van der Waals surface area contributed by atoms with E-state index in [4.69, 9.17) is 9.84 Å². The van der Waals surface area contributed by atoms with Crippen molar-refractivity contribution in [1.29, 1.82) is 0 Å². The minimum Gasteiger partial charge on any atom is -0.480 e. The average Bonchev–Trinajstić information content (AvgIpc) is 2.77. The number of hydrogen-bond donors (Lipinski definition) is 1. The van der Waals surface area contributed by atoms with Crippen molar-refractivity contribution >= 4 is 23.2 Å². The summed E-state index contributed by atoms with van der Waals surface area (Å²) < 4.78 is 4.82. The summed E-state index contributed by atoms with van der Waals surface area (Å²) in [5.41, 5.74) is 0. The van der Waals surface area contributed by atoms with E-state index in [2.05, 4.69) is 0 Å². The molecule has 1 amide bonds. The average molecular weight is 271 g/mol. The largest absolute Gasteiger partial charge is 0.480 e. The summed E-state index contributed by atoms with van der Waals surface area (Å²) >= 11 is 1.59. The Labute approximate surface area is 110 Å². The lowest BCUT2D eigenvalue weighted by atomic mass is 10.3. The number of thiophene rings is 1. The summed E-state index contributed by atoms with van der Waals surface area (Å²) in [6, 6.07) is 3.95. The quantitative estimate of drug-likeness (QED) is 0.817. The van der Waals surface area contributed by atoms with E-state index in [1.165, 1.54) is 0 Å². The van der Waals surface area contributed by atoms with Gasteiger partial charge in [-0.05, 0) is 25.3 Å². The molecule has 0 saturated heterocycles. The molecule has 1 heterocycles. The number of hydrogen-bond acceptors (Lipinski definition) is 4. The molecule has 1 N–H and O–H groups in total. The van der Waals surface area contributed by atoms with E-state index >= 15 is 0 Å². The number of ether oxygens (including phenoxy) is 1. The molecular formula is C12H17NO4S. The molecule has 6 heteroatoms. The molecule has 1 aromatic heterocycles. The van der Waals surface area contributed by atoms with Crippen molar-refractivity contribution in [3.63, 3.8) is 0 Å². The molecule has 100 valence electrons. The van der Waals surface area contributed by atoms with E-state index in [-0.39, 0.29) is 18.6 Å². The highest BCUT2D eigenvalue weighted by atomic mass is 32.1. The summed E-state index contributed by atoms with van der Waals surface area (Å²) in [6.07, 6.45) is 0. The van der Waals surface area contributed by atoms with Crippen LogP contribution in [0.25, 0.3) is 0 Å². The highest BCUT2D eigenvalue weighted by molar-refractivity contribution is 7.09. The van der Waals surface area contributed by atoms with Crippen molar-refractivity contribution in [2.75, 3.05) is 13.2 Å². The summed E-state index contributed by atoms with van der Waals surface area (Å²) in [6.45, 7) is 3.72. The molecule has 0 atom stereocenters. The number of aliphatic carboxylic acids is 1. The number of carbonyl (C=O) groups excluding carboxylic acids is 1. The highest BCUT2D eigenvalue weighted by Gasteiger charge is 2.18. The molecule has 0 aliphatic heterocycles. The minimum atomic E-state index is -1.07. The summed E-state index contributed by atoms with van der Waals surface area (Å²) in [5, 5.41) is 10.4. The van der Waals surface area contributed by atoms with Gasteiger partial charge in [0.2, 0.25) is 5.91 Å². The summed E-state index contributed by atoms with van der Waals surface area (Å²) in [7, 11) is 0. The Morgan fingerprint density at radius 3 is 2.67 bits per heavy atom. The molecule has 0 saturated carbocycles. The van der Waals surface area contributed by atoms with Crippen molar-refractivity contribution in [2.45, 2.75) is 26.4 Å². The molecule has 0 spiro atoms. The van der Waals surface area contributed by atoms with Crippen molar-refractivity contribution in [3.8, 4) is 0 Å². The van der Waals surface area contributed by atoms with Gasteiger partial charge in [0, 0.05) is 10.9 Å². The van der Waals surface area contributed by atoms with E-state index in [9.17, 15) is 9.59 Å². The van der Waals surface area contributed by atoms with Crippen molar-refractivity contribution < 1.29 is 19.4 Å². The van der Waals surface area contributed by atoms with Crippen molar-refractivity contribution in [1.82, 2.24) is 4.90 Å². The molecule has 18 heavy (non-hydrogen) atoms. The van der Waals surface area contributed by atoms with Gasteiger partial charge in [0.25, 0.3) is 0 Å². The van der Waals surface area contributed by atoms with Gasteiger partial charge >= 0.3 is 5.97 Å². The number of carboxylic acids is 1. The Morgan fingerprint density at radius 2 is 2.17 bits per heavy atom. The number of amides is 1. The van der Waals surface area contributed by atoms with Gasteiger partial charge in [-0.3, -0.25) is 4.79 Å². The van der Waals surface area contributed by atoms with E-state index < -0.39 is 12.6 Å². The lowest BCUT2D eigenvalue weighted by Gasteiger charge is -2.26. The van der Waals surface area contributed by atoms with Gasteiger partial charge in [-0.25, -0.2) is 4.79 Å². The molecule has 0 bridgehead atoms. The predicted molar refractivity (Wildman–Crippen MR) is 68.5 cm³/mol. The number of carbonyl (C=O) groups is 2. The summed E-state index contributed by atoms with van der Waals surface area (Å²) in [5.74, 6) is -1.27.